The molecule has 1 heterocycles. The first kappa shape index (κ1) is 12.6. The van der Waals surface area contributed by atoms with Gasteiger partial charge >= 0.3 is 0 Å². The van der Waals surface area contributed by atoms with E-state index in [0.717, 1.165) is 11.3 Å². The van der Waals surface area contributed by atoms with Crippen LogP contribution in [0.4, 0.5) is 0 Å². The van der Waals surface area contributed by atoms with Crippen LogP contribution in [0.1, 0.15) is 18.7 Å². The van der Waals surface area contributed by atoms with Gasteiger partial charge in [0, 0.05) is 10.9 Å². The summed E-state index contributed by atoms with van der Waals surface area (Å²) in [6.07, 6.45) is 0.724. The molecule has 0 radical (unpaired) electrons. The Hall–Kier alpha value is -0.430. The highest BCUT2D eigenvalue weighted by atomic mass is 32.2. The molecule has 0 amide bonds. The first-order valence-corrected chi connectivity index (χ1v) is 7.07. The number of sulfonamides is 1. The Morgan fingerprint density at radius 1 is 1.47 bits per heavy atom. The van der Waals surface area contributed by atoms with Crippen molar-refractivity contribution in [3.05, 3.63) is 17.0 Å². The Balaban J connectivity index is 2.86. The molecule has 0 atom stereocenters. The van der Waals surface area contributed by atoms with E-state index in [4.69, 9.17) is 5.73 Å². The normalized spacial score (nSPS) is 12.3. The van der Waals surface area contributed by atoms with Gasteiger partial charge in [0.25, 0.3) is 0 Å². The van der Waals surface area contributed by atoms with Crippen LogP contribution < -0.4 is 10.5 Å². The van der Waals surface area contributed by atoms with Crippen molar-refractivity contribution in [2.45, 2.75) is 30.5 Å². The second kappa shape index (κ2) is 5.07. The molecule has 4 nitrogen and oxygen atoms in total. The number of rotatable bonds is 5. The third-order valence-electron chi connectivity index (χ3n) is 1.68. The maximum atomic E-state index is 11.7. The number of hydrogen-bond acceptors (Lipinski definition) is 4. The third kappa shape index (κ3) is 3.57. The van der Waals surface area contributed by atoms with Crippen molar-refractivity contribution in [3.63, 3.8) is 0 Å². The summed E-state index contributed by atoms with van der Waals surface area (Å²) >= 11 is 1.28. The van der Waals surface area contributed by atoms with E-state index in [1.807, 2.05) is 6.07 Å². The molecule has 15 heavy (non-hydrogen) atoms. The topological polar surface area (TPSA) is 72.2 Å². The molecule has 0 aliphatic carbocycles. The fraction of sp³-hybridized carbons (Fsp3) is 0.556. The average Bonchev–Trinajstić information content (AvgIpc) is 2.51. The molecule has 0 fully saturated rings. The van der Waals surface area contributed by atoms with Gasteiger partial charge in [0.15, 0.2) is 0 Å². The lowest BCUT2D eigenvalue weighted by atomic mass is 10.3. The van der Waals surface area contributed by atoms with Crippen molar-refractivity contribution < 1.29 is 8.42 Å². The van der Waals surface area contributed by atoms with Crippen LogP contribution in [0.15, 0.2) is 16.3 Å². The maximum Gasteiger partial charge on any atom is 0.250 e. The van der Waals surface area contributed by atoms with Crippen LogP contribution in [0, 0.1) is 0 Å². The summed E-state index contributed by atoms with van der Waals surface area (Å²) in [6.45, 7) is 4.13. The van der Waals surface area contributed by atoms with Crippen molar-refractivity contribution in [1.82, 2.24) is 4.72 Å². The molecule has 0 aliphatic heterocycles. The minimum atomic E-state index is -3.33. The molecule has 0 aliphatic rings. The summed E-state index contributed by atoms with van der Waals surface area (Å²) < 4.78 is 26.4. The number of hydrogen-bond donors (Lipinski definition) is 2. The number of nitrogens with two attached hydrogens (primary N) is 1. The van der Waals surface area contributed by atoms with Crippen LogP contribution in [-0.4, -0.2) is 21.0 Å². The Morgan fingerprint density at radius 2 is 2.13 bits per heavy atom. The lowest BCUT2D eigenvalue weighted by molar-refractivity contribution is 0.572. The van der Waals surface area contributed by atoms with Gasteiger partial charge in [-0.05, 0) is 38.9 Å². The zero-order valence-electron chi connectivity index (χ0n) is 8.86. The molecule has 0 aromatic carbocycles. The van der Waals surface area contributed by atoms with Crippen LogP contribution in [0.3, 0.4) is 0 Å². The quantitative estimate of drug-likeness (QED) is 0.814. The van der Waals surface area contributed by atoms with E-state index in [2.05, 4.69) is 4.72 Å². The molecule has 0 unspecified atom stereocenters. The molecule has 1 aromatic rings. The van der Waals surface area contributed by atoms with Gasteiger partial charge in [0.2, 0.25) is 10.0 Å². The molecule has 0 saturated heterocycles. The van der Waals surface area contributed by atoms with E-state index in [-0.39, 0.29) is 6.04 Å². The molecule has 0 spiro atoms. The molecular formula is C9H16N2O2S2. The van der Waals surface area contributed by atoms with Crippen molar-refractivity contribution in [2.75, 3.05) is 6.54 Å². The molecule has 86 valence electrons. The predicted molar refractivity (Wildman–Crippen MR) is 62.5 cm³/mol. The zero-order chi connectivity index (χ0) is 11.5. The van der Waals surface area contributed by atoms with Gasteiger partial charge in [-0.15, -0.1) is 11.3 Å². The van der Waals surface area contributed by atoms with Crippen molar-refractivity contribution in [3.8, 4) is 0 Å². The summed E-state index contributed by atoms with van der Waals surface area (Å²) in [5.74, 6) is 0. The summed E-state index contributed by atoms with van der Waals surface area (Å²) in [5.41, 5.74) is 5.40. The summed E-state index contributed by atoms with van der Waals surface area (Å²) in [5, 5.41) is 0. The van der Waals surface area contributed by atoms with Gasteiger partial charge in [-0.2, -0.15) is 0 Å². The second-order valence-electron chi connectivity index (χ2n) is 3.54. The minimum Gasteiger partial charge on any atom is -0.330 e. The summed E-state index contributed by atoms with van der Waals surface area (Å²) in [4.78, 5) is 1.00. The van der Waals surface area contributed by atoms with E-state index in [1.54, 1.807) is 19.9 Å². The van der Waals surface area contributed by atoms with Gasteiger partial charge in [-0.25, -0.2) is 13.1 Å². The van der Waals surface area contributed by atoms with Crippen molar-refractivity contribution in [1.29, 1.82) is 0 Å². The van der Waals surface area contributed by atoms with Crippen LogP contribution in [0.5, 0.6) is 0 Å². The van der Waals surface area contributed by atoms with Crippen LogP contribution in [0.25, 0.3) is 0 Å². The van der Waals surface area contributed by atoms with E-state index < -0.39 is 10.0 Å². The Kier molecular flexibility index (Phi) is 4.27. The van der Waals surface area contributed by atoms with Crippen molar-refractivity contribution in [2.24, 2.45) is 5.73 Å². The first-order valence-electron chi connectivity index (χ1n) is 4.77. The minimum absolute atomic E-state index is 0.0879. The largest absolute Gasteiger partial charge is 0.330 e. The third-order valence-corrected chi connectivity index (χ3v) is 4.98. The predicted octanol–water partition coefficient (Wildman–Crippen LogP) is 0.936. The van der Waals surface area contributed by atoms with E-state index in [9.17, 15) is 8.42 Å². The second-order valence-corrected chi connectivity index (χ2v) is 6.64. The lowest BCUT2D eigenvalue weighted by Gasteiger charge is -2.06. The van der Waals surface area contributed by atoms with Gasteiger partial charge in [-0.1, -0.05) is 0 Å². The Labute approximate surface area is 94.5 Å². The maximum absolute atomic E-state index is 11.7. The molecule has 1 aromatic heterocycles. The zero-order valence-corrected chi connectivity index (χ0v) is 10.5. The first-order chi connectivity index (χ1) is 6.95. The molecule has 3 N–H and O–H groups in total. The number of nitrogens with one attached hydrogen (secondary N) is 1. The molecule has 1 rings (SSSR count). The highest BCUT2D eigenvalue weighted by Gasteiger charge is 2.17. The van der Waals surface area contributed by atoms with E-state index >= 15 is 0 Å². The van der Waals surface area contributed by atoms with Gasteiger partial charge < -0.3 is 5.73 Å². The molecule has 0 bridgehead atoms. The summed E-state index contributed by atoms with van der Waals surface area (Å²) in [7, 11) is -3.33. The van der Waals surface area contributed by atoms with Gasteiger partial charge in [-0.3, -0.25) is 0 Å². The number of thiophene rings is 1. The fourth-order valence-electron chi connectivity index (χ4n) is 1.15. The van der Waals surface area contributed by atoms with E-state index in [0.29, 0.717) is 10.8 Å². The molecule has 6 heteroatoms. The van der Waals surface area contributed by atoms with Gasteiger partial charge in [0.1, 0.15) is 4.21 Å². The van der Waals surface area contributed by atoms with Crippen molar-refractivity contribution >= 4 is 21.4 Å². The molecule has 0 saturated carbocycles. The van der Waals surface area contributed by atoms with E-state index in [1.165, 1.54) is 11.3 Å². The standard InChI is InChI=1S/C9H16N2O2S2/c1-7(2)11-15(12,13)9-4-3-8(14-9)5-6-10/h3-4,7,11H,5-6,10H2,1-2H3. The highest BCUT2D eigenvalue weighted by Crippen LogP contribution is 2.21. The Morgan fingerprint density at radius 3 is 2.67 bits per heavy atom. The Bertz CT molecular complexity index is 410. The monoisotopic (exact) mass is 248 g/mol. The fourth-order valence-corrected chi connectivity index (χ4v) is 3.79. The smallest absolute Gasteiger partial charge is 0.250 e. The highest BCUT2D eigenvalue weighted by molar-refractivity contribution is 7.91. The van der Waals surface area contributed by atoms with Crippen LogP contribution in [0.2, 0.25) is 0 Å². The molecular weight excluding hydrogens is 232 g/mol. The lowest BCUT2D eigenvalue weighted by Crippen LogP contribution is -2.29. The average molecular weight is 248 g/mol. The van der Waals surface area contributed by atoms with Crippen LogP contribution >= 0.6 is 11.3 Å². The SMILES string of the molecule is CC(C)NS(=O)(=O)c1ccc(CCN)s1. The summed E-state index contributed by atoms with van der Waals surface area (Å²) in [6, 6.07) is 3.35. The van der Waals surface area contributed by atoms with Gasteiger partial charge in [0.05, 0.1) is 0 Å². The van der Waals surface area contributed by atoms with Crippen LogP contribution in [-0.2, 0) is 16.4 Å².